The van der Waals surface area contributed by atoms with Gasteiger partial charge in [-0.25, -0.2) is 0 Å². The molecule has 128 valence electrons. The van der Waals surface area contributed by atoms with Gasteiger partial charge in [-0.1, -0.05) is 47.1 Å². The highest BCUT2D eigenvalue weighted by atomic mass is 35.5. The van der Waals surface area contributed by atoms with Gasteiger partial charge in [0.1, 0.15) is 11.5 Å². The lowest BCUT2D eigenvalue weighted by atomic mass is 10.1. The van der Waals surface area contributed by atoms with Crippen molar-refractivity contribution in [3.8, 4) is 11.3 Å². The fourth-order valence-electron chi connectivity index (χ4n) is 2.58. The highest BCUT2D eigenvalue weighted by Crippen LogP contribution is 2.19. The molecule has 25 heavy (non-hydrogen) atoms. The third-order valence-electron chi connectivity index (χ3n) is 3.98. The molecule has 1 amide bonds. The van der Waals surface area contributed by atoms with Gasteiger partial charge in [0.05, 0.1) is 0 Å². The number of carbonyl (C=O) groups is 1. The quantitative estimate of drug-likeness (QED) is 0.644. The first-order valence-electron chi connectivity index (χ1n) is 8.15. The second kappa shape index (κ2) is 7.99. The molecule has 1 heterocycles. The Bertz CT molecular complexity index is 828. The van der Waals surface area contributed by atoms with E-state index in [1.165, 1.54) is 0 Å². The maximum Gasteiger partial charge on any atom is 0.253 e. The van der Waals surface area contributed by atoms with Crippen molar-refractivity contribution in [2.45, 2.75) is 12.8 Å². The molecular weight excluding hydrogens is 336 g/mol. The monoisotopic (exact) mass is 354 g/mol. The molecule has 0 N–H and O–H groups in total. The van der Waals surface area contributed by atoms with Gasteiger partial charge in [-0.05, 0) is 30.7 Å². The van der Waals surface area contributed by atoms with Crippen molar-refractivity contribution in [3.05, 3.63) is 77.0 Å². The van der Waals surface area contributed by atoms with Crippen molar-refractivity contribution < 1.29 is 9.32 Å². The summed E-state index contributed by atoms with van der Waals surface area (Å²) in [6.45, 7) is 0.642. The molecule has 0 bridgehead atoms. The first kappa shape index (κ1) is 17.2. The van der Waals surface area contributed by atoms with Crippen molar-refractivity contribution in [3.63, 3.8) is 0 Å². The minimum Gasteiger partial charge on any atom is -0.361 e. The van der Waals surface area contributed by atoms with Crippen LogP contribution >= 0.6 is 11.6 Å². The zero-order valence-corrected chi connectivity index (χ0v) is 14.7. The average molecular weight is 355 g/mol. The Morgan fingerprint density at radius 2 is 1.84 bits per heavy atom. The normalized spacial score (nSPS) is 10.6. The molecule has 0 fully saturated rings. The average Bonchev–Trinajstić information content (AvgIpc) is 3.11. The standard InChI is InChI=1S/C20H19ClN2O2/c1-23(20(24)16-9-11-17(21)12-10-16)13-5-8-18-14-19(22-25-18)15-6-3-2-4-7-15/h2-4,6-7,9-12,14H,5,8,13H2,1H3. The maximum absolute atomic E-state index is 12.3. The first-order chi connectivity index (χ1) is 12.1. The summed E-state index contributed by atoms with van der Waals surface area (Å²) < 4.78 is 5.39. The number of aryl methyl sites for hydroxylation is 1. The predicted molar refractivity (Wildman–Crippen MR) is 98.7 cm³/mol. The summed E-state index contributed by atoms with van der Waals surface area (Å²) >= 11 is 5.85. The second-order valence-corrected chi connectivity index (χ2v) is 6.32. The van der Waals surface area contributed by atoms with Gasteiger partial charge in [-0.3, -0.25) is 4.79 Å². The van der Waals surface area contributed by atoms with Gasteiger partial charge in [0, 0.05) is 42.2 Å². The van der Waals surface area contributed by atoms with Crippen molar-refractivity contribution in [2.24, 2.45) is 0 Å². The minimum atomic E-state index is -0.0146. The van der Waals surface area contributed by atoms with Gasteiger partial charge < -0.3 is 9.42 Å². The molecule has 0 spiro atoms. The number of aromatic nitrogens is 1. The Kier molecular flexibility index (Phi) is 5.51. The van der Waals surface area contributed by atoms with E-state index in [0.29, 0.717) is 17.1 Å². The molecule has 0 aliphatic rings. The molecule has 1 aromatic heterocycles. The Labute approximate surface area is 152 Å². The van der Waals surface area contributed by atoms with Gasteiger partial charge in [-0.2, -0.15) is 0 Å². The van der Waals surface area contributed by atoms with Crippen LogP contribution in [0.4, 0.5) is 0 Å². The number of carbonyl (C=O) groups excluding carboxylic acids is 1. The summed E-state index contributed by atoms with van der Waals surface area (Å²) in [6.07, 6.45) is 1.54. The summed E-state index contributed by atoms with van der Waals surface area (Å²) in [6, 6.07) is 18.8. The summed E-state index contributed by atoms with van der Waals surface area (Å²) in [4.78, 5) is 14.0. The van der Waals surface area contributed by atoms with Gasteiger partial charge in [0.15, 0.2) is 0 Å². The van der Waals surface area contributed by atoms with E-state index in [2.05, 4.69) is 5.16 Å². The molecule has 0 aliphatic heterocycles. The summed E-state index contributed by atoms with van der Waals surface area (Å²) in [5.74, 6) is 0.811. The van der Waals surface area contributed by atoms with Crippen LogP contribution in [0.3, 0.4) is 0 Å². The smallest absolute Gasteiger partial charge is 0.253 e. The highest BCUT2D eigenvalue weighted by molar-refractivity contribution is 6.30. The fraction of sp³-hybridized carbons (Fsp3) is 0.200. The van der Waals surface area contributed by atoms with Gasteiger partial charge >= 0.3 is 0 Å². The molecule has 3 aromatic rings. The van der Waals surface area contributed by atoms with Gasteiger partial charge in [0.25, 0.3) is 5.91 Å². The van der Waals surface area contributed by atoms with Crippen molar-refractivity contribution >= 4 is 17.5 Å². The van der Waals surface area contributed by atoms with E-state index in [0.717, 1.165) is 29.9 Å². The number of hydrogen-bond acceptors (Lipinski definition) is 3. The number of amides is 1. The molecule has 0 saturated heterocycles. The highest BCUT2D eigenvalue weighted by Gasteiger charge is 2.12. The molecule has 3 rings (SSSR count). The molecule has 0 saturated carbocycles. The number of hydrogen-bond donors (Lipinski definition) is 0. The van der Waals surface area contributed by atoms with Crippen LogP contribution < -0.4 is 0 Å². The number of halogens is 1. The van der Waals surface area contributed by atoms with Gasteiger partial charge in [-0.15, -0.1) is 0 Å². The van der Waals surface area contributed by atoms with E-state index in [1.54, 1.807) is 36.2 Å². The predicted octanol–water partition coefficient (Wildman–Crippen LogP) is 4.70. The van der Waals surface area contributed by atoms with Crippen LogP contribution in [-0.4, -0.2) is 29.6 Å². The van der Waals surface area contributed by atoms with Crippen LogP contribution in [0.2, 0.25) is 5.02 Å². The largest absolute Gasteiger partial charge is 0.361 e. The lowest BCUT2D eigenvalue weighted by Gasteiger charge is -2.16. The molecular formula is C20H19ClN2O2. The van der Waals surface area contributed by atoms with E-state index < -0.39 is 0 Å². The SMILES string of the molecule is CN(CCCc1cc(-c2ccccc2)no1)C(=O)c1ccc(Cl)cc1. The Balaban J connectivity index is 1.52. The summed E-state index contributed by atoms with van der Waals surface area (Å²) in [5, 5.41) is 4.73. The fourth-order valence-corrected chi connectivity index (χ4v) is 2.71. The third-order valence-corrected chi connectivity index (χ3v) is 4.24. The van der Waals surface area contributed by atoms with E-state index in [9.17, 15) is 4.79 Å². The van der Waals surface area contributed by atoms with E-state index >= 15 is 0 Å². The molecule has 5 heteroatoms. The molecule has 0 unspecified atom stereocenters. The molecule has 0 radical (unpaired) electrons. The van der Waals surface area contributed by atoms with Crippen LogP contribution in [0.15, 0.2) is 65.2 Å². The van der Waals surface area contributed by atoms with E-state index in [1.807, 2.05) is 36.4 Å². The molecule has 0 aliphatic carbocycles. The molecule has 0 atom stereocenters. The first-order valence-corrected chi connectivity index (χ1v) is 8.53. The zero-order valence-electron chi connectivity index (χ0n) is 14.0. The summed E-state index contributed by atoms with van der Waals surface area (Å²) in [7, 11) is 1.80. The van der Waals surface area contributed by atoms with E-state index in [4.69, 9.17) is 16.1 Å². The second-order valence-electron chi connectivity index (χ2n) is 5.88. The third kappa shape index (κ3) is 4.48. The van der Waals surface area contributed by atoms with Crippen molar-refractivity contribution in [1.82, 2.24) is 10.1 Å². The molecule has 4 nitrogen and oxygen atoms in total. The number of nitrogens with zero attached hydrogens (tertiary/aromatic N) is 2. The zero-order chi connectivity index (χ0) is 17.6. The Hall–Kier alpha value is -2.59. The maximum atomic E-state index is 12.3. The number of benzene rings is 2. The van der Waals surface area contributed by atoms with Crippen LogP contribution in [0.1, 0.15) is 22.5 Å². The van der Waals surface area contributed by atoms with Gasteiger partial charge in [0.2, 0.25) is 0 Å². The molecule has 2 aromatic carbocycles. The van der Waals surface area contributed by atoms with Crippen molar-refractivity contribution in [1.29, 1.82) is 0 Å². The lowest BCUT2D eigenvalue weighted by molar-refractivity contribution is 0.0793. The lowest BCUT2D eigenvalue weighted by Crippen LogP contribution is -2.27. The summed E-state index contributed by atoms with van der Waals surface area (Å²) in [5.41, 5.74) is 2.51. The topological polar surface area (TPSA) is 46.3 Å². The van der Waals surface area contributed by atoms with Crippen LogP contribution in [0.25, 0.3) is 11.3 Å². The number of rotatable bonds is 6. The van der Waals surface area contributed by atoms with Crippen LogP contribution in [0, 0.1) is 0 Å². The Morgan fingerprint density at radius 3 is 2.56 bits per heavy atom. The van der Waals surface area contributed by atoms with E-state index in [-0.39, 0.29) is 5.91 Å². The van der Waals surface area contributed by atoms with Crippen molar-refractivity contribution in [2.75, 3.05) is 13.6 Å². The minimum absolute atomic E-state index is 0.0146. The van der Waals surface area contributed by atoms with Crippen LogP contribution in [0.5, 0.6) is 0 Å². The van der Waals surface area contributed by atoms with Crippen LogP contribution in [-0.2, 0) is 6.42 Å². The Morgan fingerprint density at radius 1 is 1.12 bits per heavy atom.